The molecule has 0 atom stereocenters. The van der Waals surface area contributed by atoms with Crippen LogP contribution in [0.1, 0.15) is 11.5 Å². The van der Waals surface area contributed by atoms with Crippen molar-refractivity contribution in [3.63, 3.8) is 0 Å². The molecule has 2 rings (SSSR count). The van der Waals surface area contributed by atoms with E-state index in [1.807, 2.05) is 6.92 Å². The smallest absolute Gasteiger partial charge is 0.197 e. The van der Waals surface area contributed by atoms with Crippen LogP contribution in [0.5, 0.6) is 0 Å². The highest BCUT2D eigenvalue weighted by Gasteiger charge is 2.13. The van der Waals surface area contributed by atoms with Crippen LogP contribution in [0.4, 0.5) is 5.69 Å². The van der Waals surface area contributed by atoms with Gasteiger partial charge >= 0.3 is 0 Å². The van der Waals surface area contributed by atoms with E-state index in [1.165, 1.54) is 0 Å². The van der Waals surface area contributed by atoms with Crippen molar-refractivity contribution < 1.29 is 9.15 Å². The lowest BCUT2D eigenvalue weighted by atomic mass is 10.2. The molecule has 0 unspecified atom stereocenters. The second-order valence-corrected chi connectivity index (χ2v) is 4.01. The SMILES string of the molecule is COCCc1nc2c(C)c(N)cc(Cl)c2o1. The molecule has 4 nitrogen and oxygen atoms in total. The highest BCUT2D eigenvalue weighted by molar-refractivity contribution is 6.35. The number of aryl methyl sites for hydroxylation is 1. The molecule has 0 saturated heterocycles. The molecule has 1 aromatic carbocycles. The molecule has 0 bridgehead atoms. The monoisotopic (exact) mass is 240 g/mol. The molecule has 0 saturated carbocycles. The maximum Gasteiger partial charge on any atom is 0.197 e. The van der Waals surface area contributed by atoms with Crippen molar-refractivity contribution in [1.29, 1.82) is 0 Å². The Kier molecular flexibility index (Phi) is 3.03. The van der Waals surface area contributed by atoms with E-state index in [4.69, 9.17) is 26.5 Å². The maximum atomic E-state index is 6.04. The van der Waals surface area contributed by atoms with E-state index >= 15 is 0 Å². The van der Waals surface area contributed by atoms with Crippen LogP contribution < -0.4 is 5.73 Å². The number of aromatic nitrogens is 1. The van der Waals surface area contributed by atoms with Gasteiger partial charge in [0.15, 0.2) is 11.5 Å². The molecule has 0 aliphatic carbocycles. The van der Waals surface area contributed by atoms with E-state index < -0.39 is 0 Å². The van der Waals surface area contributed by atoms with Gasteiger partial charge in [0.2, 0.25) is 0 Å². The number of hydrogen-bond donors (Lipinski definition) is 1. The normalized spacial score (nSPS) is 11.2. The van der Waals surface area contributed by atoms with Crippen molar-refractivity contribution in [2.24, 2.45) is 0 Å². The van der Waals surface area contributed by atoms with E-state index in [0.717, 1.165) is 11.1 Å². The fraction of sp³-hybridized carbons (Fsp3) is 0.364. The first-order valence-corrected chi connectivity index (χ1v) is 5.34. The lowest BCUT2D eigenvalue weighted by Crippen LogP contribution is -1.94. The molecule has 0 amide bonds. The minimum absolute atomic E-state index is 0.495. The number of hydrogen-bond acceptors (Lipinski definition) is 4. The maximum absolute atomic E-state index is 6.04. The first-order chi connectivity index (χ1) is 7.63. The van der Waals surface area contributed by atoms with E-state index in [9.17, 15) is 0 Å². The predicted octanol–water partition coefficient (Wildman–Crippen LogP) is 2.56. The Bertz CT molecular complexity index is 522. The molecule has 2 N–H and O–H groups in total. The summed E-state index contributed by atoms with van der Waals surface area (Å²) in [5, 5.41) is 0.495. The van der Waals surface area contributed by atoms with Crippen molar-refractivity contribution in [2.45, 2.75) is 13.3 Å². The highest BCUT2D eigenvalue weighted by atomic mass is 35.5. The first kappa shape index (κ1) is 11.2. The third kappa shape index (κ3) is 1.86. The van der Waals surface area contributed by atoms with E-state index in [1.54, 1.807) is 13.2 Å². The van der Waals surface area contributed by atoms with Crippen LogP contribution in [0.2, 0.25) is 5.02 Å². The van der Waals surface area contributed by atoms with Crippen LogP contribution in [0.15, 0.2) is 10.5 Å². The molecule has 0 aliphatic heterocycles. The van der Waals surface area contributed by atoms with Crippen molar-refractivity contribution in [3.8, 4) is 0 Å². The molecule has 2 aromatic rings. The van der Waals surface area contributed by atoms with Crippen LogP contribution in [0, 0.1) is 6.92 Å². The van der Waals surface area contributed by atoms with E-state index in [0.29, 0.717) is 35.2 Å². The second-order valence-electron chi connectivity index (χ2n) is 3.60. The summed E-state index contributed by atoms with van der Waals surface area (Å²) in [5.41, 5.74) is 8.66. The van der Waals surface area contributed by atoms with Gasteiger partial charge < -0.3 is 14.9 Å². The predicted molar refractivity (Wildman–Crippen MR) is 63.7 cm³/mol. The van der Waals surface area contributed by atoms with Crippen LogP contribution >= 0.6 is 11.6 Å². The first-order valence-electron chi connectivity index (χ1n) is 4.96. The molecule has 1 heterocycles. The molecule has 86 valence electrons. The third-order valence-electron chi connectivity index (χ3n) is 2.48. The fourth-order valence-electron chi connectivity index (χ4n) is 1.52. The average Bonchev–Trinajstić information content (AvgIpc) is 2.68. The van der Waals surface area contributed by atoms with Gasteiger partial charge in [-0.25, -0.2) is 4.98 Å². The Morgan fingerprint density at radius 1 is 1.56 bits per heavy atom. The Labute approximate surface area is 98.3 Å². The summed E-state index contributed by atoms with van der Waals surface area (Å²) in [7, 11) is 1.64. The summed E-state index contributed by atoms with van der Waals surface area (Å²) < 4.78 is 10.5. The average molecular weight is 241 g/mol. The third-order valence-corrected chi connectivity index (χ3v) is 2.76. The molecule has 1 aromatic heterocycles. The topological polar surface area (TPSA) is 61.3 Å². The number of halogens is 1. The van der Waals surface area contributed by atoms with Crippen LogP contribution in [-0.4, -0.2) is 18.7 Å². The van der Waals surface area contributed by atoms with Gasteiger partial charge in [-0.2, -0.15) is 0 Å². The highest BCUT2D eigenvalue weighted by Crippen LogP contribution is 2.31. The van der Waals surface area contributed by atoms with Gasteiger partial charge in [-0.1, -0.05) is 11.6 Å². The standard InChI is InChI=1S/C11H13ClN2O2/c1-6-8(13)5-7(12)11-10(6)14-9(16-11)3-4-15-2/h5H,3-4,13H2,1-2H3. The number of rotatable bonds is 3. The summed E-state index contributed by atoms with van der Waals surface area (Å²) in [4.78, 5) is 4.36. The number of nitrogens with zero attached hydrogens (tertiary/aromatic N) is 1. The lowest BCUT2D eigenvalue weighted by Gasteiger charge is -2.00. The van der Waals surface area contributed by atoms with Gasteiger partial charge in [-0.05, 0) is 13.0 Å². The van der Waals surface area contributed by atoms with Gasteiger partial charge in [-0.3, -0.25) is 0 Å². The van der Waals surface area contributed by atoms with Crippen molar-refractivity contribution in [3.05, 3.63) is 22.5 Å². The zero-order valence-electron chi connectivity index (χ0n) is 9.21. The van der Waals surface area contributed by atoms with E-state index in [2.05, 4.69) is 4.98 Å². The van der Waals surface area contributed by atoms with Crippen LogP contribution in [-0.2, 0) is 11.2 Å². The number of nitrogens with two attached hydrogens (primary N) is 1. The molecule has 0 spiro atoms. The molecule has 16 heavy (non-hydrogen) atoms. The Hall–Kier alpha value is -1.26. The summed E-state index contributed by atoms with van der Waals surface area (Å²) in [5.74, 6) is 0.618. The van der Waals surface area contributed by atoms with Crippen LogP contribution in [0.25, 0.3) is 11.1 Å². The zero-order valence-corrected chi connectivity index (χ0v) is 9.97. The van der Waals surface area contributed by atoms with Crippen molar-refractivity contribution in [1.82, 2.24) is 4.98 Å². The van der Waals surface area contributed by atoms with Gasteiger partial charge in [0, 0.05) is 24.8 Å². The molecular formula is C11H13ClN2O2. The zero-order chi connectivity index (χ0) is 11.7. The fourth-order valence-corrected chi connectivity index (χ4v) is 1.77. The molecule has 0 radical (unpaired) electrons. The van der Waals surface area contributed by atoms with E-state index in [-0.39, 0.29) is 0 Å². The van der Waals surface area contributed by atoms with Gasteiger partial charge in [0.05, 0.1) is 11.6 Å². The lowest BCUT2D eigenvalue weighted by molar-refractivity contribution is 0.196. The molecule has 0 aliphatic rings. The van der Waals surface area contributed by atoms with Gasteiger partial charge in [-0.15, -0.1) is 0 Å². The summed E-state index contributed by atoms with van der Waals surface area (Å²) >= 11 is 6.04. The molecule has 0 fully saturated rings. The summed E-state index contributed by atoms with van der Waals surface area (Å²) in [6, 6.07) is 1.69. The minimum atomic E-state index is 0.495. The number of anilines is 1. The molecule has 5 heteroatoms. The number of nitrogen functional groups attached to an aromatic ring is 1. The number of fused-ring (bicyclic) bond motifs is 1. The summed E-state index contributed by atoms with van der Waals surface area (Å²) in [6.07, 6.45) is 0.626. The van der Waals surface area contributed by atoms with Gasteiger partial charge in [0.25, 0.3) is 0 Å². The minimum Gasteiger partial charge on any atom is -0.439 e. The number of oxazole rings is 1. The number of benzene rings is 1. The Morgan fingerprint density at radius 3 is 3.00 bits per heavy atom. The van der Waals surface area contributed by atoms with Gasteiger partial charge in [0.1, 0.15) is 5.52 Å². The van der Waals surface area contributed by atoms with Crippen molar-refractivity contribution in [2.75, 3.05) is 19.5 Å². The Balaban J connectivity index is 2.52. The second kappa shape index (κ2) is 4.31. The molecular weight excluding hydrogens is 228 g/mol. The van der Waals surface area contributed by atoms with Crippen LogP contribution in [0.3, 0.4) is 0 Å². The number of methoxy groups -OCH3 is 1. The Morgan fingerprint density at radius 2 is 2.31 bits per heavy atom. The number of ether oxygens (including phenoxy) is 1. The largest absolute Gasteiger partial charge is 0.439 e. The summed E-state index contributed by atoms with van der Waals surface area (Å²) in [6.45, 7) is 2.47. The quantitative estimate of drug-likeness (QED) is 0.838. The van der Waals surface area contributed by atoms with Crippen molar-refractivity contribution >= 4 is 28.4 Å².